The molecule has 182 valence electrons. The molecular weight excluding hydrogens is 455 g/mol. The Labute approximate surface area is 184 Å². The predicted molar refractivity (Wildman–Crippen MR) is 110 cm³/mol. The molecule has 2 atom stereocenters. The Morgan fingerprint density at radius 2 is 1.97 bits per heavy atom. The van der Waals surface area contributed by atoms with E-state index >= 15 is 4.39 Å². The van der Waals surface area contributed by atoms with Gasteiger partial charge >= 0.3 is 12.1 Å². The minimum Gasteiger partial charge on any atom is -0.487 e. The van der Waals surface area contributed by atoms with Gasteiger partial charge in [-0.3, -0.25) is 9.36 Å². The molecule has 0 saturated carbocycles. The molecule has 2 aliphatic rings. The molecule has 1 saturated heterocycles. The quantitative estimate of drug-likeness (QED) is 0.577. The second kappa shape index (κ2) is 8.78. The average molecular weight is 478 g/mol. The molecule has 4 rings (SSSR count). The van der Waals surface area contributed by atoms with Crippen LogP contribution >= 0.6 is 0 Å². The topological polar surface area (TPSA) is 124 Å². The number of nitrogens with zero attached hydrogens (tertiary/aromatic N) is 2. The van der Waals surface area contributed by atoms with E-state index < -0.39 is 23.6 Å². The van der Waals surface area contributed by atoms with Crippen molar-refractivity contribution in [1.82, 2.24) is 4.57 Å². The maximum Gasteiger partial charge on any atom is 0.490 e. The summed E-state index contributed by atoms with van der Waals surface area (Å²) in [5, 5.41) is 7.68. The van der Waals surface area contributed by atoms with Gasteiger partial charge in [0.1, 0.15) is 18.0 Å². The number of halogens is 5. The summed E-state index contributed by atoms with van der Waals surface area (Å²) in [6.45, 7) is 2.44. The highest BCUT2D eigenvalue weighted by molar-refractivity contribution is 5.94. The van der Waals surface area contributed by atoms with Crippen molar-refractivity contribution in [2.24, 2.45) is 11.5 Å². The Balaban J connectivity index is 0.000000383. The first kappa shape index (κ1) is 24.7. The van der Waals surface area contributed by atoms with Gasteiger partial charge in [-0.25, -0.2) is 13.6 Å². The summed E-state index contributed by atoms with van der Waals surface area (Å²) in [6, 6.07) is 2.63. The summed E-state index contributed by atoms with van der Waals surface area (Å²) in [6.07, 6.45) is -4.85. The molecule has 1 fully saturated rings. The molecule has 0 radical (unpaired) electrons. The van der Waals surface area contributed by atoms with Crippen molar-refractivity contribution in [2.75, 3.05) is 31.1 Å². The first-order valence-electron chi connectivity index (χ1n) is 10.0. The van der Waals surface area contributed by atoms with Gasteiger partial charge in [-0.15, -0.1) is 0 Å². The van der Waals surface area contributed by atoms with Crippen LogP contribution in [0.5, 0.6) is 5.75 Å². The van der Waals surface area contributed by atoms with Crippen molar-refractivity contribution in [2.45, 2.75) is 37.8 Å². The molecule has 3 heterocycles. The number of nitrogens with two attached hydrogens (primary N) is 2. The highest BCUT2D eigenvalue weighted by Crippen LogP contribution is 2.44. The highest BCUT2D eigenvalue weighted by Gasteiger charge is 2.40. The van der Waals surface area contributed by atoms with Gasteiger partial charge in [0.25, 0.3) is 5.56 Å². The Kier molecular flexibility index (Phi) is 6.58. The smallest absolute Gasteiger partial charge is 0.487 e. The summed E-state index contributed by atoms with van der Waals surface area (Å²) in [7, 11) is 0. The van der Waals surface area contributed by atoms with E-state index in [0.29, 0.717) is 23.0 Å². The molecule has 0 spiro atoms. The largest absolute Gasteiger partial charge is 0.490 e. The van der Waals surface area contributed by atoms with Crippen LogP contribution in [-0.4, -0.2) is 53.7 Å². The van der Waals surface area contributed by atoms with Gasteiger partial charge in [0.05, 0.1) is 18.1 Å². The van der Waals surface area contributed by atoms with Gasteiger partial charge in [0, 0.05) is 37.5 Å². The minimum atomic E-state index is -5.08. The molecule has 2 aliphatic heterocycles. The van der Waals surface area contributed by atoms with Gasteiger partial charge < -0.3 is 26.2 Å². The van der Waals surface area contributed by atoms with Crippen molar-refractivity contribution >= 4 is 22.6 Å². The van der Waals surface area contributed by atoms with E-state index in [1.807, 2.05) is 6.92 Å². The van der Waals surface area contributed by atoms with Crippen LogP contribution in [0.25, 0.3) is 10.9 Å². The molecule has 5 N–H and O–H groups in total. The van der Waals surface area contributed by atoms with Gasteiger partial charge in [-0.2, -0.15) is 13.2 Å². The number of anilines is 1. The zero-order valence-electron chi connectivity index (χ0n) is 17.6. The number of rotatable bonds is 3. The standard InChI is InChI=1S/C18H22F2N4O2.C2HF3O2/c1-10-7-26-17-15-12(11(6-21)4-14(25)24(10)15)5-13(19)16(17)23-3-2-18(20,8-22)9-23;3-2(4,5)1(6)7/h4-5,10H,2-3,6-9,21-22H2,1H3;(H,6,7)/t10-,18-;/m0./s1. The maximum atomic E-state index is 15.0. The summed E-state index contributed by atoms with van der Waals surface area (Å²) in [4.78, 5) is 23.1. The summed E-state index contributed by atoms with van der Waals surface area (Å²) < 4.78 is 68.8. The predicted octanol–water partition coefficient (Wildman–Crippen LogP) is 2.06. The lowest BCUT2D eigenvalue weighted by molar-refractivity contribution is -0.192. The molecule has 0 amide bonds. The number of pyridine rings is 1. The average Bonchev–Trinajstić information content (AvgIpc) is 3.13. The van der Waals surface area contributed by atoms with Gasteiger partial charge in [-0.1, -0.05) is 0 Å². The van der Waals surface area contributed by atoms with E-state index in [-0.39, 0.29) is 55.7 Å². The zero-order valence-corrected chi connectivity index (χ0v) is 17.6. The van der Waals surface area contributed by atoms with E-state index in [9.17, 15) is 22.4 Å². The number of aliphatic carboxylic acids is 1. The normalized spacial score (nSPS) is 22.1. The van der Waals surface area contributed by atoms with Crippen LogP contribution in [0.2, 0.25) is 0 Å². The number of carboxylic acid groups (broad SMARTS) is 1. The maximum absolute atomic E-state index is 15.0. The molecule has 0 aliphatic carbocycles. The van der Waals surface area contributed by atoms with Gasteiger partial charge in [0.2, 0.25) is 0 Å². The third-order valence-corrected chi connectivity index (χ3v) is 5.66. The molecule has 13 heteroatoms. The summed E-state index contributed by atoms with van der Waals surface area (Å²) >= 11 is 0. The van der Waals surface area contributed by atoms with Crippen LogP contribution in [0.15, 0.2) is 16.9 Å². The highest BCUT2D eigenvalue weighted by atomic mass is 19.4. The second-order valence-electron chi connectivity index (χ2n) is 8.00. The molecule has 1 aromatic heterocycles. The van der Waals surface area contributed by atoms with Crippen molar-refractivity contribution in [1.29, 1.82) is 0 Å². The third kappa shape index (κ3) is 4.60. The lowest BCUT2D eigenvalue weighted by Gasteiger charge is -2.31. The number of carboxylic acids is 1. The van der Waals surface area contributed by atoms with Crippen molar-refractivity contribution in [3.63, 3.8) is 0 Å². The first-order chi connectivity index (χ1) is 15.3. The third-order valence-electron chi connectivity index (χ3n) is 5.66. The van der Waals surface area contributed by atoms with Crippen LogP contribution in [0, 0.1) is 5.82 Å². The molecule has 8 nitrogen and oxygen atoms in total. The fourth-order valence-corrected chi connectivity index (χ4v) is 4.01. The molecule has 1 aromatic carbocycles. The monoisotopic (exact) mass is 478 g/mol. The number of alkyl halides is 4. The fraction of sp³-hybridized carbons (Fsp3) is 0.500. The van der Waals surface area contributed by atoms with E-state index in [2.05, 4.69) is 0 Å². The van der Waals surface area contributed by atoms with E-state index in [1.54, 1.807) is 9.47 Å². The second-order valence-corrected chi connectivity index (χ2v) is 8.00. The number of ether oxygens (including phenoxy) is 1. The number of carbonyl (C=O) groups is 1. The lowest BCUT2D eigenvalue weighted by Crippen LogP contribution is -2.37. The first-order valence-corrected chi connectivity index (χ1v) is 10.0. The van der Waals surface area contributed by atoms with Crippen LogP contribution in [-0.2, 0) is 11.3 Å². The Bertz CT molecular complexity index is 1140. The van der Waals surface area contributed by atoms with E-state index in [1.165, 1.54) is 12.1 Å². The molecule has 2 aromatic rings. The fourth-order valence-electron chi connectivity index (χ4n) is 4.01. The molecule has 33 heavy (non-hydrogen) atoms. The van der Waals surface area contributed by atoms with Crippen LogP contribution in [0.3, 0.4) is 0 Å². The number of benzene rings is 1. The minimum absolute atomic E-state index is 0.00134. The number of hydrogen-bond donors (Lipinski definition) is 3. The number of hydrogen-bond acceptors (Lipinski definition) is 6. The summed E-state index contributed by atoms with van der Waals surface area (Å²) in [5.41, 5.74) is 10.8. The molecular formula is C20H23F5N4O4. The SMILES string of the molecule is C[C@H]1COc2c(N3CC[C@](F)(CN)C3)c(F)cc3c(CN)cc(=O)n1c23.O=C(O)C(F)(F)F. The molecule has 0 bridgehead atoms. The van der Waals surface area contributed by atoms with Crippen LogP contribution < -0.4 is 26.7 Å². The van der Waals surface area contributed by atoms with Gasteiger partial charge in [0.15, 0.2) is 11.6 Å². The van der Waals surface area contributed by atoms with Crippen molar-refractivity contribution in [3.05, 3.63) is 33.9 Å². The zero-order chi connectivity index (χ0) is 24.7. The van der Waals surface area contributed by atoms with E-state index in [4.69, 9.17) is 26.1 Å². The van der Waals surface area contributed by atoms with Crippen LogP contribution in [0.4, 0.5) is 27.6 Å². The van der Waals surface area contributed by atoms with Crippen molar-refractivity contribution in [3.8, 4) is 5.75 Å². The molecule has 0 unspecified atom stereocenters. The van der Waals surface area contributed by atoms with Gasteiger partial charge in [-0.05, 0) is 18.6 Å². The van der Waals surface area contributed by atoms with E-state index in [0.717, 1.165) is 0 Å². The lowest BCUT2D eigenvalue weighted by atomic mass is 10.0. The Morgan fingerprint density at radius 1 is 1.33 bits per heavy atom. The number of aromatic nitrogens is 1. The Hall–Kier alpha value is -2.93. The van der Waals surface area contributed by atoms with Crippen LogP contribution in [0.1, 0.15) is 24.9 Å². The van der Waals surface area contributed by atoms with Crippen molar-refractivity contribution < 1.29 is 36.6 Å². The Morgan fingerprint density at radius 3 is 2.48 bits per heavy atom. The summed E-state index contributed by atoms with van der Waals surface area (Å²) in [5.74, 6) is -2.98.